The summed E-state index contributed by atoms with van der Waals surface area (Å²) in [5.41, 5.74) is -0.339. The Morgan fingerprint density at radius 3 is 2.51 bits per heavy atom. The number of carbonyl (C=O) groups is 3. The van der Waals surface area contributed by atoms with E-state index < -0.39 is 11.7 Å². The molecule has 13 heteroatoms. The van der Waals surface area contributed by atoms with Crippen LogP contribution in [0.1, 0.15) is 30.9 Å². The number of amides is 3. The fourth-order valence-electron chi connectivity index (χ4n) is 4.39. The maximum atomic E-state index is 13.5. The van der Waals surface area contributed by atoms with Crippen LogP contribution >= 0.6 is 0 Å². The number of carbonyl (C=O) groups excluding carboxylic acids is 3. The van der Waals surface area contributed by atoms with Crippen molar-refractivity contribution in [2.24, 2.45) is 0 Å². The van der Waals surface area contributed by atoms with Crippen molar-refractivity contribution in [3.8, 4) is 5.75 Å². The Balaban J connectivity index is 1.34. The maximum absolute atomic E-state index is 13.5. The van der Waals surface area contributed by atoms with Gasteiger partial charge in [-0.25, -0.2) is 4.79 Å². The number of aromatic nitrogens is 2. The van der Waals surface area contributed by atoms with Gasteiger partial charge in [0.05, 0.1) is 12.1 Å². The van der Waals surface area contributed by atoms with Gasteiger partial charge >= 0.3 is 12.2 Å². The zero-order valence-corrected chi connectivity index (χ0v) is 20.5. The molecular weight excluding hydrogens is 493 g/mol. The van der Waals surface area contributed by atoms with Gasteiger partial charge in [0.1, 0.15) is 12.4 Å². The average Bonchev–Trinajstić information content (AvgIpc) is 3.47. The van der Waals surface area contributed by atoms with Crippen LogP contribution in [-0.4, -0.2) is 88.2 Å². The summed E-state index contributed by atoms with van der Waals surface area (Å²) in [4.78, 5) is 40.8. The number of hydrogen-bond acceptors (Lipinski definition) is 6. The van der Waals surface area contributed by atoms with Crippen molar-refractivity contribution in [1.29, 1.82) is 0 Å². The number of benzene rings is 1. The fourth-order valence-corrected chi connectivity index (χ4v) is 4.39. The molecule has 0 unspecified atom stereocenters. The van der Waals surface area contributed by atoms with Gasteiger partial charge in [-0.05, 0) is 30.2 Å². The van der Waals surface area contributed by atoms with Gasteiger partial charge in [-0.3, -0.25) is 14.5 Å². The minimum Gasteiger partial charge on any atom is -0.492 e. The van der Waals surface area contributed by atoms with E-state index in [1.165, 1.54) is 19.2 Å². The lowest BCUT2D eigenvalue weighted by molar-refractivity contribution is -0.137. The molecule has 1 aromatic heterocycles. The highest BCUT2D eigenvalue weighted by Gasteiger charge is 2.32. The van der Waals surface area contributed by atoms with E-state index in [-0.39, 0.29) is 42.6 Å². The van der Waals surface area contributed by atoms with Crippen LogP contribution in [0.4, 0.5) is 23.8 Å². The van der Waals surface area contributed by atoms with Crippen LogP contribution in [0.3, 0.4) is 0 Å². The van der Waals surface area contributed by atoms with Crippen molar-refractivity contribution in [2.75, 3.05) is 51.2 Å². The molecule has 3 amide bonds. The summed E-state index contributed by atoms with van der Waals surface area (Å²) < 4.78 is 47.3. The molecular formula is C24H29F3N6O4. The van der Waals surface area contributed by atoms with Crippen LogP contribution in [0.15, 0.2) is 30.5 Å². The quantitative estimate of drug-likeness (QED) is 0.600. The van der Waals surface area contributed by atoms with Gasteiger partial charge in [0.25, 0.3) is 0 Å². The lowest BCUT2D eigenvalue weighted by Gasteiger charge is -2.34. The van der Waals surface area contributed by atoms with Crippen LogP contribution in [-0.2, 0) is 22.3 Å². The number of hydrogen-bond donors (Lipinski definition) is 1. The van der Waals surface area contributed by atoms with E-state index in [4.69, 9.17) is 4.74 Å². The second-order valence-corrected chi connectivity index (χ2v) is 9.07. The molecule has 4 rings (SSSR count). The minimum absolute atomic E-state index is 0.0340. The smallest absolute Gasteiger partial charge is 0.416 e. The van der Waals surface area contributed by atoms with E-state index in [0.29, 0.717) is 51.3 Å². The fraction of sp³-hybridized carbons (Fsp3) is 0.500. The molecule has 1 aromatic carbocycles. The molecule has 0 atom stereocenters. The van der Waals surface area contributed by atoms with E-state index in [0.717, 1.165) is 23.2 Å². The molecule has 2 aliphatic heterocycles. The normalized spacial score (nSPS) is 16.8. The Morgan fingerprint density at radius 2 is 1.86 bits per heavy atom. The summed E-state index contributed by atoms with van der Waals surface area (Å²) >= 11 is 0. The number of alkyl halides is 3. The third-order valence-electron chi connectivity index (χ3n) is 6.23. The highest BCUT2D eigenvalue weighted by Crippen LogP contribution is 2.33. The first-order valence-corrected chi connectivity index (χ1v) is 12.0. The molecule has 2 fully saturated rings. The predicted octanol–water partition coefficient (Wildman–Crippen LogP) is 2.65. The second-order valence-electron chi connectivity index (χ2n) is 9.07. The van der Waals surface area contributed by atoms with E-state index in [1.54, 1.807) is 15.9 Å². The first-order chi connectivity index (χ1) is 17.6. The van der Waals surface area contributed by atoms with E-state index in [9.17, 15) is 27.6 Å². The summed E-state index contributed by atoms with van der Waals surface area (Å²) in [5.74, 6) is 0.121. The number of likely N-dealkylation sites (tertiary alicyclic amines) is 1. The minimum atomic E-state index is -4.52. The van der Waals surface area contributed by atoms with E-state index >= 15 is 0 Å². The van der Waals surface area contributed by atoms with E-state index in [1.807, 2.05) is 4.90 Å². The highest BCUT2D eigenvalue weighted by molar-refractivity contribution is 5.88. The van der Waals surface area contributed by atoms with Crippen molar-refractivity contribution < 1.29 is 32.3 Å². The number of ether oxygens (including phenoxy) is 1. The van der Waals surface area contributed by atoms with Crippen molar-refractivity contribution in [3.63, 3.8) is 0 Å². The average molecular weight is 523 g/mol. The Bertz CT molecular complexity index is 1140. The van der Waals surface area contributed by atoms with Crippen molar-refractivity contribution in [2.45, 2.75) is 32.5 Å². The second kappa shape index (κ2) is 11.2. The van der Waals surface area contributed by atoms with Gasteiger partial charge in [0, 0.05) is 64.9 Å². The number of anilines is 1. The molecule has 0 saturated carbocycles. The Morgan fingerprint density at radius 1 is 1.11 bits per heavy atom. The summed E-state index contributed by atoms with van der Waals surface area (Å²) in [7, 11) is 0. The zero-order valence-electron chi connectivity index (χ0n) is 20.5. The summed E-state index contributed by atoms with van der Waals surface area (Å²) in [5, 5.41) is 6.55. The van der Waals surface area contributed by atoms with Gasteiger partial charge in [0.15, 0.2) is 5.82 Å². The van der Waals surface area contributed by atoms with Crippen LogP contribution in [0.2, 0.25) is 0 Å². The Kier molecular flexibility index (Phi) is 8.00. The topological polar surface area (TPSA) is 100 Å². The third-order valence-corrected chi connectivity index (χ3v) is 6.23. The number of nitrogens with zero attached hydrogens (tertiary/aromatic N) is 5. The molecule has 0 radical (unpaired) electrons. The van der Waals surface area contributed by atoms with Crippen molar-refractivity contribution >= 4 is 23.7 Å². The first-order valence-electron chi connectivity index (χ1n) is 12.0. The van der Waals surface area contributed by atoms with Crippen LogP contribution < -0.4 is 10.1 Å². The monoisotopic (exact) mass is 522 g/mol. The van der Waals surface area contributed by atoms with Gasteiger partial charge < -0.3 is 19.9 Å². The van der Waals surface area contributed by atoms with Gasteiger partial charge in [0.2, 0.25) is 11.8 Å². The molecule has 2 saturated heterocycles. The molecule has 2 aliphatic rings. The zero-order chi connectivity index (χ0) is 26.6. The van der Waals surface area contributed by atoms with Crippen molar-refractivity contribution in [1.82, 2.24) is 24.5 Å². The predicted molar refractivity (Wildman–Crippen MR) is 127 cm³/mol. The summed E-state index contributed by atoms with van der Waals surface area (Å²) in [6.45, 7) is 4.39. The SMILES string of the molecule is CC(=O)Nc1ccn(C(=O)N2CCN(Cc3cc(OCCN4CCCC4=O)cc(C(F)(F)F)c3)CC2)n1. The molecule has 0 bridgehead atoms. The Labute approximate surface area is 211 Å². The van der Waals surface area contributed by atoms with Crippen LogP contribution in [0, 0.1) is 0 Å². The summed E-state index contributed by atoms with van der Waals surface area (Å²) in [6.07, 6.45) is -1.79. The highest BCUT2D eigenvalue weighted by atomic mass is 19.4. The molecule has 200 valence electrons. The maximum Gasteiger partial charge on any atom is 0.416 e. The number of halogens is 3. The molecule has 10 nitrogen and oxygen atoms in total. The first kappa shape index (κ1) is 26.5. The number of rotatable bonds is 7. The summed E-state index contributed by atoms with van der Waals surface area (Å²) in [6, 6.07) is 4.85. The number of nitrogens with one attached hydrogen (secondary N) is 1. The lowest BCUT2D eigenvalue weighted by atomic mass is 10.1. The Hall–Kier alpha value is -3.61. The molecule has 1 N–H and O–H groups in total. The van der Waals surface area contributed by atoms with E-state index in [2.05, 4.69) is 10.4 Å². The standard InChI is InChI=1S/C24H29F3N6O4/c1-17(34)28-21-4-6-33(29-21)23(36)32-9-7-30(8-10-32)16-18-13-19(24(25,26)27)15-20(14-18)37-12-11-31-5-2-3-22(31)35/h4,6,13-15H,2-3,5,7-12,16H2,1H3,(H,28,29,34). The van der Waals surface area contributed by atoms with Crippen LogP contribution in [0.25, 0.3) is 0 Å². The van der Waals surface area contributed by atoms with Gasteiger partial charge in [-0.15, -0.1) is 5.10 Å². The lowest BCUT2D eigenvalue weighted by Crippen LogP contribution is -2.49. The third kappa shape index (κ3) is 7.00. The van der Waals surface area contributed by atoms with Crippen LogP contribution in [0.5, 0.6) is 5.75 Å². The molecule has 2 aromatic rings. The van der Waals surface area contributed by atoms with Gasteiger partial charge in [-0.1, -0.05) is 0 Å². The largest absolute Gasteiger partial charge is 0.492 e. The molecule has 37 heavy (non-hydrogen) atoms. The molecule has 0 aliphatic carbocycles. The molecule has 0 spiro atoms. The molecule has 3 heterocycles. The van der Waals surface area contributed by atoms with Crippen molar-refractivity contribution in [3.05, 3.63) is 41.6 Å². The van der Waals surface area contributed by atoms with Gasteiger partial charge in [-0.2, -0.15) is 17.9 Å². The number of piperazine rings is 1.